The van der Waals surface area contributed by atoms with Crippen molar-refractivity contribution in [1.82, 2.24) is 4.90 Å². The molecule has 2 aliphatic rings. The minimum absolute atomic E-state index is 0.00263. The fraction of sp³-hybridized carbons (Fsp3) is 0.333. The van der Waals surface area contributed by atoms with Crippen LogP contribution in [0.5, 0.6) is 0 Å². The number of nitrogens with zero attached hydrogens (tertiary/aromatic N) is 1. The molecular formula is C21H22N2O6S2. The lowest BCUT2D eigenvalue weighted by Gasteiger charge is -2.52. The van der Waals surface area contributed by atoms with Crippen molar-refractivity contribution in [1.29, 1.82) is 0 Å². The maximum Gasteiger partial charge on any atom is 0.343 e. The van der Waals surface area contributed by atoms with Gasteiger partial charge in [0.05, 0.1) is 12.8 Å². The Morgan fingerprint density at radius 2 is 1.68 bits per heavy atom. The van der Waals surface area contributed by atoms with E-state index in [1.807, 2.05) is 60.7 Å². The van der Waals surface area contributed by atoms with Gasteiger partial charge in [-0.15, -0.1) is 11.8 Å². The monoisotopic (exact) mass is 462 g/mol. The second-order valence-electron chi connectivity index (χ2n) is 7.58. The zero-order valence-electron chi connectivity index (χ0n) is 16.7. The maximum atomic E-state index is 13.4. The highest BCUT2D eigenvalue weighted by Crippen LogP contribution is 2.41. The summed E-state index contributed by atoms with van der Waals surface area (Å²) < 4.78 is 35.2. The van der Waals surface area contributed by atoms with E-state index in [2.05, 4.69) is 0 Å². The van der Waals surface area contributed by atoms with Crippen molar-refractivity contribution in [2.45, 2.75) is 23.1 Å². The quantitative estimate of drug-likeness (QED) is 0.388. The number of thioether (sulfide) groups is 1. The lowest BCUT2D eigenvalue weighted by Crippen LogP contribution is -2.74. The molecule has 2 aromatic rings. The number of esters is 1. The average Bonchev–Trinajstić information content (AvgIpc) is 2.76. The fourth-order valence-electron chi connectivity index (χ4n) is 3.75. The SMILES string of the molecule is CS(=O)(=O)OC1(C(=O)OC(c2ccccc2)c2ccccc2)CS[C@@H]2C(N)C(=O)N2C1. The van der Waals surface area contributed by atoms with Crippen LogP contribution in [0, 0.1) is 0 Å². The van der Waals surface area contributed by atoms with Crippen LogP contribution in [0.3, 0.4) is 0 Å². The van der Waals surface area contributed by atoms with E-state index >= 15 is 0 Å². The summed E-state index contributed by atoms with van der Waals surface area (Å²) in [6, 6.07) is 17.6. The molecule has 2 aromatic carbocycles. The number of carbonyl (C=O) groups excluding carboxylic acids is 2. The van der Waals surface area contributed by atoms with Crippen molar-refractivity contribution in [2.24, 2.45) is 5.73 Å². The molecule has 1 amide bonds. The van der Waals surface area contributed by atoms with E-state index in [4.69, 9.17) is 14.7 Å². The highest BCUT2D eigenvalue weighted by atomic mass is 32.2. The molecule has 2 saturated heterocycles. The largest absolute Gasteiger partial charge is 0.450 e. The molecule has 2 fully saturated rings. The van der Waals surface area contributed by atoms with E-state index in [0.29, 0.717) is 0 Å². The number of hydrogen-bond donors (Lipinski definition) is 1. The molecule has 2 aliphatic heterocycles. The molecule has 2 unspecified atom stereocenters. The molecule has 2 N–H and O–H groups in total. The van der Waals surface area contributed by atoms with Crippen LogP contribution in [-0.2, 0) is 28.6 Å². The summed E-state index contributed by atoms with van der Waals surface area (Å²) in [5, 5.41) is -0.310. The van der Waals surface area contributed by atoms with E-state index < -0.39 is 33.8 Å². The van der Waals surface area contributed by atoms with Crippen molar-refractivity contribution >= 4 is 33.8 Å². The summed E-state index contributed by atoms with van der Waals surface area (Å²) in [5.41, 5.74) is 5.40. The summed E-state index contributed by atoms with van der Waals surface area (Å²) in [6.07, 6.45) is 0.0981. The third-order valence-electron chi connectivity index (χ3n) is 5.21. The van der Waals surface area contributed by atoms with Crippen LogP contribution in [-0.4, -0.2) is 60.8 Å². The zero-order chi connectivity index (χ0) is 22.2. The van der Waals surface area contributed by atoms with Gasteiger partial charge in [-0.2, -0.15) is 8.42 Å². The van der Waals surface area contributed by atoms with Crippen molar-refractivity contribution in [3.05, 3.63) is 71.8 Å². The van der Waals surface area contributed by atoms with Crippen molar-refractivity contribution in [3.63, 3.8) is 0 Å². The Hall–Kier alpha value is -2.40. The van der Waals surface area contributed by atoms with Gasteiger partial charge in [0.25, 0.3) is 10.1 Å². The van der Waals surface area contributed by atoms with Crippen molar-refractivity contribution in [3.8, 4) is 0 Å². The minimum Gasteiger partial charge on any atom is -0.450 e. The Kier molecular flexibility index (Phi) is 5.82. The van der Waals surface area contributed by atoms with Crippen LogP contribution >= 0.6 is 11.8 Å². The third kappa shape index (κ3) is 4.33. The van der Waals surface area contributed by atoms with E-state index in [1.54, 1.807) is 0 Å². The Labute approximate surface area is 184 Å². The second-order valence-corrected chi connectivity index (χ2v) is 10.3. The number of fused-ring (bicyclic) bond motifs is 1. The lowest BCUT2D eigenvalue weighted by molar-refractivity contribution is -0.170. The molecular weight excluding hydrogens is 440 g/mol. The highest BCUT2D eigenvalue weighted by molar-refractivity contribution is 8.00. The third-order valence-corrected chi connectivity index (χ3v) is 7.35. The van der Waals surface area contributed by atoms with E-state index in [0.717, 1.165) is 17.4 Å². The van der Waals surface area contributed by atoms with Gasteiger partial charge in [0.15, 0.2) is 6.10 Å². The first-order chi connectivity index (χ1) is 14.7. The number of β-lactam (4-membered cyclic amide) rings is 1. The molecule has 164 valence electrons. The first kappa shape index (κ1) is 21.8. The molecule has 0 saturated carbocycles. The molecule has 10 heteroatoms. The molecule has 4 rings (SSSR count). The lowest BCUT2D eigenvalue weighted by atomic mass is 9.98. The van der Waals surface area contributed by atoms with Crippen molar-refractivity contribution < 1.29 is 26.9 Å². The summed E-state index contributed by atoms with van der Waals surface area (Å²) in [6.45, 7) is -0.237. The number of nitrogens with two attached hydrogens (primary N) is 1. The topological polar surface area (TPSA) is 116 Å². The number of carbonyl (C=O) groups is 2. The number of ether oxygens (including phenoxy) is 1. The van der Waals surface area contributed by atoms with Crippen LogP contribution in [0.4, 0.5) is 0 Å². The van der Waals surface area contributed by atoms with Gasteiger partial charge in [-0.3, -0.25) is 4.79 Å². The molecule has 0 spiro atoms. The highest BCUT2D eigenvalue weighted by Gasteiger charge is 2.58. The summed E-state index contributed by atoms with van der Waals surface area (Å²) in [7, 11) is -4.02. The summed E-state index contributed by atoms with van der Waals surface area (Å²) in [5.74, 6) is -1.21. The molecule has 0 aliphatic carbocycles. The van der Waals surface area contributed by atoms with Crippen LogP contribution in [0.2, 0.25) is 0 Å². The Morgan fingerprint density at radius 3 is 2.19 bits per heavy atom. The van der Waals surface area contributed by atoms with Gasteiger partial charge < -0.3 is 15.4 Å². The van der Waals surface area contributed by atoms with Gasteiger partial charge in [-0.25, -0.2) is 8.98 Å². The maximum absolute atomic E-state index is 13.4. The molecule has 8 nitrogen and oxygen atoms in total. The van der Waals surface area contributed by atoms with Gasteiger partial charge in [0.1, 0.15) is 11.4 Å². The molecule has 0 aromatic heterocycles. The number of benzene rings is 2. The second kappa shape index (κ2) is 8.27. The molecule has 2 heterocycles. The Bertz CT molecular complexity index is 1040. The van der Waals surface area contributed by atoms with Gasteiger partial charge >= 0.3 is 5.97 Å². The fourth-order valence-corrected chi connectivity index (χ4v) is 5.97. The molecule has 3 atom stereocenters. The van der Waals surface area contributed by atoms with Gasteiger partial charge in [0.2, 0.25) is 11.5 Å². The average molecular weight is 463 g/mol. The van der Waals surface area contributed by atoms with E-state index in [9.17, 15) is 18.0 Å². The van der Waals surface area contributed by atoms with Crippen LogP contribution in [0.15, 0.2) is 60.7 Å². The predicted octanol–water partition coefficient (Wildman–Crippen LogP) is 1.28. The number of hydrogen-bond acceptors (Lipinski definition) is 8. The number of rotatable bonds is 6. The summed E-state index contributed by atoms with van der Waals surface area (Å²) in [4.78, 5) is 27.0. The van der Waals surface area contributed by atoms with E-state index in [1.165, 1.54) is 16.7 Å². The van der Waals surface area contributed by atoms with Crippen LogP contribution in [0.25, 0.3) is 0 Å². The smallest absolute Gasteiger partial charge is 0.343 e. The normalized spacial score (nSPS) is 25.6. The van der Waals surface area contributed by atoms with Gasteiger partial charge in [0, 0.05) is 5.75 Å². The molecule has 0 radical (unpaired) electrons. The standard InChI is InChI=1S/C21H22N2O6S2/c1-31(26,27)29-21(12-23-18(24)16(22)19(23)30-13-21)20(25)28-17(14-8-4-2-5-9-14)15-10-6-3-7-11-15/h2-11,16-17,19H,12-13,22H2,1H3/t16?,19-,21?/m1/s1. The van der Waals surface area contributed by atoms with Gasteiger partial charge in [-0.05, 0) is 11.1 Å². The number of amides is 1. The van der Waals surface area contributed by atoms with Gasteiger partial charge in [-0.1, -0.05) is 60.7 Å². The van der Waals surface area contributed by atoms with Crippen LogP contribution in [0.1, 0.15) is 17.2 Å². The molecule has 0 bridgehead atoms. The van der Waals surface area contributed by atoms with Crippen molar-refractivity contribution in [2.75, 3.05) is 18.6 Å². The minimum atomic E-state index is -4.02. The first-order valence-corrected chi connectivity index (χ1v) is 12.5. The van der Waals surface area contributed by atoms with Crippen LogP contribution < -0.4 is 5.73 Å². The predicted molar refractivity (Wildman–Crippen MR) is 115 cm³/mol. The molecule has 31 heavy (non-hydrogen) atoms. The first-order valence-electron chi connectivity index (χ1n) is 9.59. The zero-order valence-corrected chi connectivity index (χ0v) is 18.3. The summed E-state index contributed by atoms with van der Waals surface area (Å²) >= 11 is 1.21. The Balaban J connectivity index is 1.67. The Morgan fingerprint density at radius 1 is 1.13 bits per heavy atom. The van der Waals surface area contributed by atoms with E-state index in [-0.39, 0.29) is 23.6 Å².